The third-order valence-corrected chi connectivity index (χ3v) is 5.24. The van der Waals surface area contributed by atoms with Crippen molar-refractivity contribution in [2.24, 2.45) is 0 Å². The van der Waals surface area contributed by atoms with Gasteiger partial charge in [0.2, 0.25) is 0 Å². The predicted octanol–water partition coefficient (Wildman–Crippen LogP) is 5.87. The maximum atomic E-state index is 12.6. The second-order valence-electron chi connectivity index (χ2n) is 7.28. The van der Waals surface area contributed by atoms with E-state index in [1.165, 1.54) is 6.07 Å². The van der Waals surface area contributed by atoms with Crippen LogP contribution in [0.3, 0.4) is 0 Å². The molecule has 0 aliphatic rings. The second-order valence-corrected chi connectivity index (χ2v) is 7.28. The summed E-state index contributed by atoms with van der Waals surface area (Å²) in [6.45, 7) is -0.105. The van der Waals surface area contributed by atoms with Gasteiger partial charge in [-0.3, -0.25) is 4.79 Å². The minimum absolute atomic E-state index is 0.105. The van der Waals surface area contributed by atoms with Gasteiger partial charge in [0, 0.05) is 23.1 Å². The number of carbonyl (C=O) groups is 1. The Morgan fingerprint density at radius 3 is 2.39 bits per heavy atom. The first kappa shape index (κ1) is 18.8. The molecule has 1 aromatic heterocycles. The van der Waals surface area contributed by atoms with Gasteiger partial charge in [-0.1, -0.05) is 66.7 Å². The quantitative estimate of drug-likeness (QED) is 0.270. The van der Waals surface area contributed by atoms with Crippen LogP contribution in [-0.4, -0.2) is 12.4 Å². The fourth-order valence-corrected chi connectivity index (χ4v) is 3.68. The Bertz CT molecular complexity index is 1470. The molecule has 0 spiro atoms. The van der Waals surface area contributed by atoms with Crippen molar-refractivity contribution in [1.82, 2.24) is 0 Å². The number of Topliss-reactive ketones (excluding diaryl/α,β-unsaturated/α-hetero) is 1. The summed E-state index contributed by atoms with van der Waals surface area (Å²) >= 11 is 0. The van der Waals surface area contributed by atoms with Crippen molar-refractivity contribution >= 4 is 27.5 Å². The minimum Gasteiger partial charge on any atom is -0.485 e. The Hall–Kier alpha value is -4.18. The van der Waals surface area contributed by atoms with Crippen LogP contribution >= 0.6 is 0 Å². The molecule has 5 aromatic rings. The first-order valence-electron chi connectivity index (χ1n) is 9.95. The molecular formula is C27H18O4. The highest BCUT2D eigenvalue weighted by Crippen LogP contribution is 2.29. The van der Waals surface area contributed by atoms with E-state index in [1.807, 2.05) is 72.8 Å². The van der Waals surface area contributed by atoms with E-state index in [1.54, 1.807) is 18.2 Å². The van der Waals surface area contributed by atoms with E-state index in [2.05, 4.69) is 0 Å². The smallest absolute Gasteiger partial charge is 0.336 e. The van der Waals surface area contributed by atoms with Crippen LogP contribution in [0.1, 0.15) is 10.4 Å². The van der Waals surface area contributed by atoms with E-state index in [9.17, 15) is 9.59 Å². The summed E-state index contributed by atoms with van der Waals surface area (Å²) in [5.41, 5.74) is 2.31. The molecule has 0 aliphatic carbocycles. The fraction of sp³-hybridized carbons (Fsp3) is 0.0370. The third-order valence-electron chi connectivity index (χ3n) is 5.24. The molecule has 0 fully saturated rings. The van der Waals surface area contributed by atoms with Gasteiger partial charge in [0.05, 0.1) is 0 Å². The van der Waals surface area contributed by atoms with Gasteiger partial charge in [-0.05, 0) is 40.1 Å². The lowest BCUT2D eigenvalue weighted by molar-refractivity contribution is 0.0921. The van der Waals surface area contributed by atoms with Crippen molar-refractivity contribution in [3.63, 3.8) is 0 Å². The van der Waals surface area contributed by atoms with Gasteiger partial charge in [0.25, 0.3) is 0 Å². The molecule has 0 N–H and O–H groups in total. The molecule has 0 atom stereocenters. The second kappa shape index (κ2) is 7.92. The minimum atomic E-state index is -0.434. The summed E-state index contributed by atoms with van der Waals surface area (Å²) < 4.78 is 11.1. The first-order chi connectivity index (χ1) is 15.2. The van der Waals surface area contributed by atoms with Crippen LogP contribution in [0.4, 0.5) is 0 Å². The topological polar surface area (TPSA) is 56.5 Å². The van der Waals surface area contributed by atoms with Gasteiger partial charge in [-0.25, -0.2) is 4.79 Å². The molecule has 0 radical (unpaired) electrons. The summed E-state index contributed by atoms with van der Waals surface area (Å²) in [5, 5.41) is 2.90. The zero-order chi connectivity index (χ0) is 21.2. The lowest BCUT2D eigenvalue weighted by Gasteiger charge is -2.09. The molecule has 1 heterocycles. The standard InChI is InChI=1S/C27H18O4/c28-25(21-11-10-18-6-4-5-9-20(18)14-21)17-30-22-12-13-23-24(19-7-2-1-3-8-19)16-27(29)31-26(23)15-22/h1-16H,17H2. The zero-order valence-electron chi connectivity index (χ0n) is 16.6. The maximum absolute atomic E-state index is 12.6. The largest absolute Gasteiger partial charge is 0.485 e. The van der Waals surface area contributed by atoms with Crippen LogP contribution in [0.2, 0.25) is 0 Å². The Balaban J connectivity index is 1.40. The molecule has 0 saturated heterocycles. The number of ether oxygens (including phenoxy) is 1. The number of rotatable bonds is 5. The van der Waals surface area contributed by atoms with Crippen LogP contribution in [0.25, 0.3) is 32.9 Å². The summed E-state index contributed by atoms with van der Waals surface area (Å²) in [4.78, 5) is 24.7. The van der Waals surface area contributed by atoms with Gasteiger partial charge in [-0.15, -0.1) is 0 Å². The Labute approximate surface area is 178 Å². The average molecular weight is 406 g/mol. The number of ketones is 1. The van der Waals surface area contributed by atoms with Gasteiger partial charge in [0.1, 0.15) is 11.3 Å². The molecule has 0 saturated carbocycles. The number of hydrogen-bond acceptors (Lipinski definition) is 4. The molecule has 0 aliphatic heterocycles. The van der Waals surface area contributed by atoms with Crippen LogP contribution in [0.15, 0.2) is 106 Å². The van der Waals surface area contributed by atoms with E-state index in [-0.39, 0.29) is 12.4 Å². The first-order valence-corrected chi connectivity index (χ1v) is 9.95. The predicted molar refractivity (Wildman–Crippen MR) is 122 cm³/mol. The highest BCUT2D eigenvalue weighted by Gasteiger charge is 2.11. The van der Waals surface area contributed by atoms with Crippen LogP contribution in [0, 0.1) is 0 Å². The molecular weight excluding hydrogens is 388 g/mol. The molecule has 4 heteroatoms. The zero-order valence-corrected chi connectivity index (χ0v) is 16.6. The summed E-state index contributed by atoms with van der Waals surface area (Å²) in [5.74, 6) is 0.348. The van der Waals surface area contributed by atoms with E-state index in [0.29, 0.717) is 16.9 Å². The normalized spacial score (nSPS) is 11.0. The van der Waals surface area contributed by atoms with Crippen LogP contribution in [-0.2, 0) is 0 Å². The van der Waals surface area contributed by atoms with E-state index >= 15 is 0 Å². The number of benzene rings is 4. The van der Waals surface area contributed by atoms with Crippen LogP contribution < -0.4 is 10.4 Å². The average Bonchev–Trinajstić information content (AvgIpc) is 2.82. The number of hydrogen-bond donors (Lipinski definition) is 0. The molecule has 4 nitrogen and oxygen atoms in total. The SMILES string of the molecule is O=C(COc1ccc2c(-c3ccccc3)cc(=O)oc2c1)c1ccc2ccccc2c1. The van der Waals surface area contributed by atoms with Gasteiger partial charge < -0.3 is 9.15 Å². The van der Waals surface area contributed by atoms with Crippen LogP contribution in [0.5, 0.6) is 5.75 Å². The monoisotopic (exact) mass is 406 g/mol. The Morgan fingerprint density at radius 1 is 0.774 bits per heavy atom. The molecule has 150 valence electrons. The van der Waals surface area contributed by atoms with Crippen molar-refractivity contribution < 1.29 is 13.9 Å². The summed E-state index contributed by atoms with van der Waals surface area (Å²) in [6, 6.07) is 29.9. The van der Waals surface area contributed by atoms with Crippen molar-refractivity contribution in [2.45, 2.75) is 0 Å². The van der Waals surface area contributed by atoms with E-state index in [4.69, 9.17) is 9.15 Å². The Kier molecular flexibility index (Phi) is 4.81. The molecule has 31 heavy (non-hydrogen) atoms. The highest BCUT2D eigenvalue weighted by molar-refractivity contribution is 6.01. The number of fused-ring (bicyclic) bond motifs is 2. The Morgan fingerprint density at radius 2 is 1.55 bits per heavy atom. The lowest BCUT2D eigenvalue weighted by Crippen LogP contribution is -2.11. The van der Waals surface area contributed by atoms with Gasteiger partial charge in [0.15, 0.2) is 12.4 Å². The van der Waals surface area contributed by atoms with Crippen molar-refractivity contribution in [3.8, 4) is 16.9 Å². The van der Waals surface area contributed by atoms with Gasteiger partial charge in [-0.2, -0.15) is 0 Å². The molecule has 5 rings (SSSR count). The molecule has 0 bridgehead atoms. The molecule has 0 unspecified atom stereocenters. The maximum Gasteiger partial charge on any atom is 0.336 e. The molecule has 4 aromatic carbocycles. The van der Waals surface area contributed by atoms with E-state index < -0.39 is 5.63 Å². The van der Waals surface area contributed by atoms with Crippen molar-refractivity contribution in [1.29, 1.82) is 0 Å². The van der Waals surface area contributed by atoms with Gasteiger partial charge >= 0.3 is 5.63 Å². The lowest BCUT2D eigenvalue weighted by atomic mass is 10.0. The van der Waals surface area contributed by atoms with E-state index in [0.717, 1.165) is 27.3 Å². The highest BCUT2D eigenvalue weighted by atomic mass is 16.5. The van der Waals surface area contributed by atoms with Crippen molar-refractivity contribution in [3.05, 3.63) is 113 Å². The molecule has 0 amide bonds. The summed E-state index contributed by atoms with van der Waals surface area (Å²) in [6.07, 6.45) is 0. The van der Waals surface area contributed by atoms with Crippen molar-refractivity contribution in [2.75, 3.05) is 6.61 Å². The number of carbonyl (C=O) groups excluding carboxylic acids is 1. The fourth-order valence-electron chi connectivity index (χ4n) is 3.68. The summed E-state index contributed by atoms with van der Waals surface area (Å²) in [7, 11) is 0. The third kappa shape index (κ3) is 3.83.